The monoisotopic (exact) mass is 397 g/mol. The topological polar surface area (TPSA) is 50.4 Å². The average Bonchev–Trinajstić information content (AvgIpc) is 3.23. The van der Waals surface area contributed by atoms with Crippen molar-refractivity contribution in [1.29, 1.82) is 0 Å². The molecule has 4 rings (SSSR count). The van der Waals surface area contributed by atoms with Gasteiger partial charge in [0, 0.05) is 20.8 Å². The second-order valence-corrected chi connectivity index (χ2v) is 6.79. The minimum atomic E-state index is 0.716. The second-order valence-electron chi connectivity index (χ2n) is 5.08. The third kappa shape index (κ3) is 3.11. The van der Waals surface area contributed by atoms with Crippen molar-refractivity contribution >= 4 is 49.6 Å². The Labute approximate surface area is 151 Å². The van der Waals surface area contributed by atoms with E-state index in [4.69, 9.17) is 4.42 Å². The molecule has 0 saturated heterocycles. The molecule has 4 nitrogen and oxygen atoms in total. The third-order valence-corrected chi connectivity index (χ3v) is 4.92. The molecule has 0 unspecified atom stereocenters. The van der Waals surface area contributed by atoms with E-state index in [0.29, 0.717) is 5.13 Å². The SMILES string of the molecule is Brc1ccccc1/C=N\Nc1nc(-c2cc3ccccc3o2)cs1. The molecule has 2 heterocycles. The van der Waals surface area contributed by atoms with Crippen LogP contribution in [0.1, 0.15) is 5.56 Å². The van der Waals surface area contributed by atoms with Crippen molar-refractivity contribution in [3.05, 3.63) is 70.0 Å². The number of rotatable bonds is 4. The number of fused-ring (bicyclic) bond motifs is 1. The molecule has 118 valence electrons. The van der Waals surface area contributed by atoms with Gasteiger partial charge in [-0.3, -0.25) is 5.43 Å². The van der Waals surface area contributed by atoms with Gasteiger partial charge in [0.2, 0.25) is 5.13 Å². The van der Waals surface area contributed by atoms with Crippen molar-refractivity contribution in [1.82, 2.24) is 4.98 Å². The Morgan fingerprint density at radius 1 is 1.12 bits per heavy atom. The van der Waals surface area contributed by atoms with Gasteiger partial charge in [-0.1, -0.05) is 52.3 Å². The van der Waals surface area contributed by atoms with Gasteiger partial charge in [-0.05, 0) is 18.2 Å². The quantitative estimate of drug-likeness (QED) is 0.351. The van der Waals surface area contributed by atoms with Crippen LogP contribution in [-0.4, -0.2) is 11.2 Å². The number of aromatic nitrogens is 1. The van der Waals surface area contributed by atoms with E-state index in [9.17, 15) is 0 Å². The lowest BCUT2D eigenvalue weighted by Gasteiger charge is -1.96. The van der Waals surface area contributed by atoms with Crippen LogP contribution in [-0.2, 0) is 0 Å². The molecule has 0 saturated carbocycles. The lowest BCUT2D eigenvalue weighted by atomic mass is 10.2. The maximum absolute atomic E-state index is 5.83. The molecule has 0 amide bonds. The fourth-order valence-electron chi connectivity index (χ4n) is 2.28. The third-order valence-electron chi connectivity index (χ3n) is 3.45. The van der Waals surface area contributed by atoms with Crippen molar-refractivity contribution < 1.29 is 4.42 Å². The maximum atomic E-state index is 5.83. The van der Waals surface area contributed by atoms with E-state index in [1.54, 1.807) is 6.21 Å². The first-order chi connectivity index (χ1) is 11.8. The molecule has 6 heteroatoms. The smallest absolute Gasteiger partial charge is 0.203 e. The fourth-order valence-corrected chi connectivity index (χ4v) is 3.32. The van der Waals surface area contributed by atoms with Crippen LogP contribution >= 0.6 is 27.3 Å². The van der Waals surface area contributed by atoms with Crippen molar-refractivity contribution in [2.24, 2.45) is 5.10 Å². The Morgan fingerprint density at radius 3 is 2.83 bits per heavy atom. The largest absolute Gasteiger partial charge is 0.454 e. The van der Waals surface area contributed by atoms with Crippen LogP contribution in [0.3, 0.4) is 0 Å². The van der Waals surface area contributed by atoms with Crippen molar-refractivity contribution in [3.63, 3.8) is 0 Å². The minimum absolute atomic E-state index is 0.716. The summed E-state index contributed by atoms with van der Waals surface area (Å²) in [7, 11) is 0. The molecule has 0 aliphatic heterocycles. The van der Waals surface area contributed by atoms with Crippen molar-refractivity contribution in [3.8, 4) is 11.5 Å². The molecule has 0 atom stereocenters. The highest BCUT2D eigenvalue weighted by molar-refractivity contribution is 9.10. The summed E-state index contributed by atoms with van der Waals surface area (Å²) >= 11 is 4.98. The standard InChI is InChI=1S/C18H12BrN3OS/c19-14-7-3-1-6-13(14)10-20-22-18-21-15(11-24-18)17-9-12-5-2-4-8-16(12)23-17/h1-11H,(H,21,22)/b20-10-. The summed E-state index contributed by atoms with van der Waals surface area (Å²) in [5.41, 5.74) is 5.62. The van der Waals surface area contributed by atoms with E-state index in [2.05, 4.69) is 31.4 Å². The molecule has 0 fully saturated rings. The Kier molecular flexibility index (Phi) is 4.15. The number of furan rings is 1. The number of hydrazone groups is 1. The Morgan fingerprint density at radius 2 is 1.96 bits per heavy atom. The number of thiazole rings is 1. The van der Waals surface area contributed by atoms with Crippen LogP contribution in [0, 0.1) is 0 Å². The molecule has 2 aromatic carbocycles. The van der Waals surface area contributed by atoms with E-state index in [1.807, 2.05) is 60.0 Å². The predicted molar refractivity (Wildman–Crippen MR) is 103 cm³/mol. The minimum Gasteiger partial charge on any atom is -0.454 e. The van der Waals surface area contributed by atoms with E-state index < -0.39 is 0 Å². The van der Waals surface area contributed by atoms with Gasteiger partial charge in [-0.15, -0.1) is 11.3 Å². The van der Waals surface area contributed by atoms with Crippen LogP contribution in [0.2, 0.25) is 0 Å². The number of hydrogen-bond acceptors (Lipinski definition) is 5. The summed E-state index contributed by atoms with van der Waals surface area (Å²) in [6.07, 6.45) is 1.76. The van der Waals surface area contributed by atoms with E-state index in [0.717, 1.165) is 32.5 Å². The summed E-state index contributed by atoms with van der Waals surface area (Å²) < 4.78 is 6.83. The van der Waals surface area contributed by atoms with Crippen molar-refractivity contribution in [2.75, 3.05) is 5.43 Å². The first kappa shape index (κ1) is 15.1. The van der Waals surface area contributed by atoms with E-state index in [-0.39, 0.29) is 0 Å². The number of benzene rings is 2. The highest BCUT2D eigenvalue weighted by Crippen LogP contribution is 2.30. The molecular formula is C18H12BrN3OS. The summed E-state index contributed by atoms with van der Waals surface area (Å²) in [5.74, 6) is 0.760. The van der Waals surface area contributed by atoms with Crippen molar-refractivity contribution in [2.45, 2.75) is 0 Å². The maximum Gasteiger partial charge on any atom is 0.203 e. The van der Waals surface area contributed by atoms with E-state index >= 15 is 0 Å². The van der Waals surface area contributed by atoms with Gasteiger partial charge in [0.15, 0.2) is 5.76 Å². The molecule has 4 aromatic rings. The normalized spacial score (nSPS) is 11.4. The summed E-state index contributed by atoms with van der Waals surface area (Å²) in [6.45, 7) is 0. The Bertz CT molecular complexity index is 989. The second kappa shape index (κ2) is 6.59. The van der Waals surface area contributed by atoms with Crippen LogP contribution < -0.4 is 5.43 Å². The Hall–Kier alpha value is -2.44. The van der Waals surface area contributed by atoms with Crippen LogP contribution in [0.5, 0.6) is 0 Å². The molecule has 0 aliphatic rings. The average molecular weight is 398 g/mol. The number of hydrogen-bond donors (Lipinski definition) is 1. The summed E-state index contributed by atoms with van der Waals surface area (Å²) in [5, 5.41) is 7.97. The number of para-hydroxylation sites is 1. The summed E-state index contributed by atoms with van der Waals surface area (Å²) in [6, 6.07) is 17.8. The predicted octanol–water partition coefficient (Wildman–Crippen LogP) is 5.76. The first-order valence-electron chi connectivity index (χ1n) is 7.28. The lowest BCUT2D eigenvalue weighted by Crippen LogP contribution is -1.90. The number of nitrogens with zero attached hydrogens (tertiary/aromatic N) is 2. The van der Waals surface area contributed by atoms with Gasteiger partial charge in [0.25, 0.3) is 0 Å². The number of anilines is 1. The zero-order chi connectivity index (χ0) is 16.4. The molecule has 0 spiro atoms. The number of halogens is 1. The fraction of sp³-hybridized carbons (Fsp3) is 0. The van der Waals surface area contributed by atoms with Gasteiger partial charge in [0.1, 0.15) is 11.3 Å². The molecule has 1 N–H and O–H groups in total. The molecule has 2 aromatic heterocycles. The van der Waals surface area contributed by atoms with Gasteiger partial charge in [0.05, 0.1) is 6.21 Å². The molecule has 0 bridgehead atoms. The summed E-state index contributed by atoms with van der Waals surface area (Å²) in [4.78, 5) is 4.52. The highest BCUT2D eigenvalue weighted by atomic mass is 79.9. The first-order valence-corrected chi connectivity index (χ1v) is 8.95. The zero-order valence-electron chi connectivity index (χ0n) is 12.4. The van der Waals surface area contributed by atoms with Gasteiger partial charge >= 0.3 is 0 Å². The van der Waals surface area contributed by atoms with Gasteiger partial charge in [-0.25, -0.2) is 4.98 Å². The molecular weight excluding hydrogens is 386 g/mol. The lowest BCUT2D eigenvalue weighted by molar-refractivity contribution is 0.629. The molecule has 0 radical (unpaired) electrons. The van der Waals surface area contributed by atoms with Crippen LogP contribution in [0.25, 0.3) is 22.4 Å². The highest BCUT2D eigenvalue weighted by Gasteiger charge is 2.09. The van der Waals surface area contributed by atoms with Gasteiger partial charge in [-0.2, -0.15) is 5.10 Å². The number of nitrogens with one attached hydrogen (secondary N) is 1. The van der Waals surface area contributed by atoms with Crippen LogP contribution in [0.15, 0.2) is 74.0 Å². The van der Waals surface area contributed by atoms with Gasteiger partial charge < -0.3 is 4.42 Å². The molecule has 24 heavy (non-hydrogen) atoms. The van der Waals surface area contributed by atoms with Crippen LogP contribution in [0.4, 0.5) is 5.13 Å². The zero-order valence-corrected chi connectivity index (χ0v) is 14.8. The Balaban J connectivity index is 1.51. The van der Waals surface area contributed by atoms with E-state index in [1.165, 1.54) is 11.3 Å². The molecule has 0 aliphatic carbocycles.